The van der Waals surface area contributed by atoms with Gasteiger partial charge in [-0.05, 0) is 40.0 Å². The van der Waals surface area contributed by atoms with E-state index in [1.54, 1.807) is 13.3 Å². The standard InChI is InChI=1S/C12H13BrN2O/c1-3-8-4-5-11(16-2)9(6-8)10-7-14-12(13)15-10/h4-7H,3H2,1-2H3,(H,14,15). The molecule has 1 heterocycles. The molecule has 84 valence electrons. The third-order valence-electron chi connectivity index (χ3n) is 2.51. The Bertz CT molecular complexity index is 494. The molecule has 0 aliphatic rings. The van der Waals surface area contributed by atoms with Crippen molar-refractivity contribution in [2.24, 2.45) is 0 Å². The van der Waals surface area contributed by atoms with E-state index in [2.05, 4.69) is 45.0 Å². The number of halogens is 1. The van der Waals surface area contributed by atoms with Gasteiger partial charge in [0.15, 0.2) is 4.73 Å². The summed E-state index contributed by atoms with van der Waals surface area (Å²) >= 11 is 3.30. The number of nitrogens with zero attached hydrogens (tertiary/aromatic N) is 1. The molecule has 16 heavy (non-hydrogen) atoms. The fourth-order valence-electron chi connectivity index (χ4n) is 1.62. The average molecular weight is 281 g/mol. The Morgan fingerprint density at radius 2 is 2.25 bits per heavy atom. The van der Waals surface area contributed by atoms with Gasteiger partial charge >= 0.3 is 0 Å². The summed E-state index contributed by atoms with van der Waals surface area (Å²) in [4.78, 5) is 7.27. The molecule has 1 N–H and O–H groups in total. The molecule has 4 heteroatoms. The number of rotatable bonds is 3. The number of aromatic nitrogens is 2. The third kappa shape index (κ3) is 2.11. The lowest BCUT2D eigenvalue weighted by atomic mass is 10.1. The topological polar surface area (TPSA) is 37.9 Å². The second kappa shape index (κ2) is 4.70. The lowest BCUT2D eigenvalue weighted by Gasteiger charge is -2.08. The molecule has 0 radical (unpaired) electrons. The highest BCUT2D eigenvalue weighted by Crippen LogP contribution is 2.30. The predicted molar refractivity (Wildman–Crippen MR) is 67.7 cm³/mol. The Hall–Kier alpha value is -1.29. The zero-order valence-electron chi connectivity index (χ0n) is 9.25. The van der Waals surface area contributed by atoms with Crippen LogP contribution in [0.2, 0.25) is 0 Å². The Morgan fingerprint density at radius 1 is 1.44 bits per heavy atom. The maximum atomic E-state index is 5.35. The molecule has 2 aromatic rings. The highest BCUT2D eigenvalue weighted by Gasteiger charge is 2.08. The van der Waals surface area contributed by atoms with Gasteiger partial charge in [0.25, 0.3) is 0 Å². The molecular formula is C12H13BrN2O. The number of H-pyrrole nitrogens is 1. The summed E-state index contributed by atoms with van der Waals surface area (Å²) in [6.45, 7) is 2.13. The number of aryl methyl sites for hydroxylation is 1. The largest absolute Gasteiger partial charge is 0.496 e. The molecule has 0 amide bonds. The van der Waals surface area contributed by atoms with Crippen LogP contribution >= 0.6 is 15.9 Å². The van der Waals surface area contributed by atoms with Crippen LogP contribution in [0.5, 0.6) is 5.75 Å². The Morgan fingerprint density at radius 3 is 2.81 bits per heavy atom. The molecule has 1 aromatic heterocycles. The van der Waals surface area contributed by atoms with E-state index in [-0.39, 0.29) is 0 Å². The zero-order valence-corrected chi connectivity index (χ0v) is 10.8. The van der Waals surface area contributed by atoms with Crippen molar-refractivity contribution < 1.29 is 4.74 Å². The quantitative estimate of drug-likeness (QED) is 0.936. The minimum atomic E-state index is 0.728. The zero-order chi connectivity index (χ0) is 11.5. The first-order valence-corrected chi connectivity index (χ1v) is 5.91. The SMILES string of the molecule is CCc1ccc(OC)c(-c2cnc(Br)[nH]2)c1. The maximum absolute atomic E-state index is 5.35. The van der Waals surface area contributed by atoms with Crippen molar-refractivity contribution in [1.29, 1.82) is 0 Å². The molecule has 0 aliphatic heterocycles. The fraction of sp³-hybridized carbons (Fsp3) is 0.250. The van der Waals surface area contributed by atoms with Crippen molar-refractivity contribution in [2.75, 3.05) is 7.11 Å². The first-order chi connectivity index (χ1) is 7.74. The summed E-state index contributed by atoms with van der Waals surface area (Å²) in [6.07, 6.45) is 2.80. The molecule has 0 unspecified atom stereocenters. The predicted octanol–water partition coefficient (Wildman–Crippen LogP) is 3.41. The van der Waals surface area contributed by atoms with Crippen molar-refractivity contribution in [3.63, 3.8) is 0 Å². The molecule has 0 spiro atoms. The van der Waals surface area contributed by atoms with Gasteiger partial charge in [0.05, 0.1) is 19.0 Å². The monoisotopic (exact) mass is 280 g/mol. The van der Waals surface area contributed by atoms with Crippen molar-refractivity contribution >= 4 is 15.9 Å². The van der Waals surface area contributed by atoms with Gasteiger partial charge in [0.1, 0.15) is 5.75 Å². The molecular weight excluding hydrogens is 268 g/mol. The van der Waals surface area contributed by atoms with E-state index in [1.807, 2.05) is 6.07 Å². The van der Waals surface area contributed by atoms with Crippen LogP contribution in [0.1, 0.15) is 12.5 Å². The molecule has 1 aromatic carbocycles. The third-order valence-corrected chi connectivity index (χ3v) is 2.91. The number of imidazole rings is 1. The molecule has 0 saturated carbocycles. The summed E-state index contributed by atoms with van der Waals surface area (Å²) in [6, 6.07) is 6.19. The van der Waals surface area contributed by atoms with Crippen molar-refractivity contribution in [3.05, 3.63) is 34.7 Å². The minimum Gasteiger partial charge on any atom is -0.496 e. The maximum Gasteiger partial charge on any atom is 0.174 e. The Kier molecular flexibility index (Phi) is 3.29. The number of aromatic amines is 1. The summed E-state index contributed by atoms with van der Waals surface area (Å²) in [5.74, 6) is 0.855. The molecule has 3 nitrogen and oxygen atoms in total. The smallest absolute Gasteiger partial charge is 0.174 e. The Labute approximate surface area is 103 Å². The highest BCUT2D eigenvalue weighted by atomic mass is 79.9. The summed E-state index contributed by atoms with van der Waals surface area (Å²) < 4.78 is 6.07. The van der Waals surface area contributed by atoms with Crippen LogP contribution < -0.4 is 4.74 Å². The van der Waals surface area contributed by atoms with Gasteiger partial charge in [-0.15, -0.1) is 0 Å². The van der Waals surface area contributed by atoms with Gasteiger partial charge in [-0.1, -0.05) is 13.0 Å². The fourth-order valence-corrected chi connectivity index (χ4v) is 1.94. The summed E-state index contributed by atoms with van der Waals surface area (Å²) in [5.41, 5.74) is 3.28. The molecule has 2 rings (SSSR count). The molecule has 0 bridgehead atoms. The lowest BCUT2D eigenvalue weighted by molar-refractivity contribution is 0.416. The number of ether oxygens (including phenoxy) is 1. The normalized spacial score (nSPS) is 10.4. The van der Waals surface area contributed by atoms with E-state index in [0.717, 1.165) is 28.2 Å². The van der Waals surface area contributed by atoms with Gasteiger partial charge in [0, 0.05) is 5.56 Å². The van der Waals surface area contributed by atoms with Gasteiger partial charge in [-0.3, -0.25) is 0 Å². The van der Waals surface area contributed by atoms with Crippen LogP contribution in [0.4, 0.5) is 0 Å². The number of nitrogens with one attached hydrogen (secondary N) is 1. The lowest BCUT2D eigenvalue weighted by Crippen LogP contribution is -1.90. The van der Waals surface area contributed by atoms with Crippen molar-refractivity contribution in [1.82, 2.24) is 9.97 Å². The van der Waals surface area contributed by atoms with E-state index in [4.69, 9.17) is 4.74 Å². The molecule has 0 saturated heterocycles. The van der Waals surface area contributed by atoms with Crippen LogP contribution in [0.15, 0.2) is 29.1 Å². The molecule has 0 aliphatic carbocycles. The van der Waals surface area contributed by atoms with Crippen LogP contribution in [-0.2, 0) is 6.42 Å². The summed E-state index contributed by atoms with van der Waals surface area (Å²) in [7, 11) is 1.68. The van der Waals surface area contributed by atoms with Gasteiger partial charge in [-0.25, -0.2) is 4.98 Å². The average Bonchev–Trinajstić information content (AvgIpc) is 2.75. The van der Waals surface area contributed by atoms with E-state index < -0.39 is 0 Å². The minimum absolute atomic E-state index is 0.728. The number of methoxy groups -OCH3 is 1. The molecule has 0 atom stereocenters. The first kappa shape index (κ1) is 11.2. The van der Waals surface area contributed by atoms with Gasteiger partial charge in [-0.2, -0.15) is 0 Å². The first-order valence-electron chi connectivity index (χ1n) is 5.12. The van der Waals surface area contributed by atoms with E-state index in [0.29, 0.717) is 0 Å². The van der Waals surface area contributed by atoms with E-state index in [9.17, 15) is 0 Å². The van der Waals surface area contributed by atoms with Crippen LogP contribution in [-0.4, -0.2) is 17.1 Å². The Balaban J connectivity index is 2.52. The summed E-state index contributed by atoms with van der Waals surface area (Å²) in [5, 5.41) is 0. The van der Waals surface area contributed by atoms with Crippen LogP contribution in [0.25, 0.3) is 11.3 Å². The second-order valence-electron chi connectivity index (χ2n) is 3.48. The number of hydrogen-bond donors (Lipinski definition) is 1. The van der Waals surface area contributed by atoms with Gasteiger partial charge in [0.2, 0.25) is 0 Å². The highest BCUT2D eigenvalue weighted by molar-refractivity contribution is 9.10. The van der Waals surface area contributed by atoms with E-state index >= 15 is 0 Å². The van der Waals surface area contributed by atoms with E-state index in [1.165, 1.54) is 5.56 Å². The van der Waals surface area contributed by atoms with Crippen molar-refractivity contribution in [3.8, 4) is 17.0 Å². The van der Waals surface area contributed by atoms with Gasteiger partial charge < -0.3 is 9.72 Å². The molecule has 0 fully saturated rings. The van der Waals surface area contributed by atoms with Crippen molar-refractivity contribution in [2.45, 2.75) is 13.3 Å². The second-order valence-corrected chi connectivity index (χ2v) is 4.23. The van der Waals surface area contributed by atoms with Crippen LogP contribution in [0, 0.1) is 0 Å². The van der Waals surface area contributed by atoms with Crippen LogP contribution in [0.3, 0.4) is 0 Å². The number of benzene rings is 1. The number of hydrogen-bond acceptors (Lipinski definition) is 2.